The summed E-state index contributed by atoms with van der Waals surface area (Å²) in [5.41, 5.74) is 1.74. The molecule has 7 heteroatoms. The van der Waals surface area contributed by atoms with Crippen LogP contribution in [0.25, 0.3) is 10.6 Å². The zero-order valence-corrected chi connectivity index (χ0v) is 13.5. The molecule has 2 aromatic rings. The first-order chi connectivity index (χ1) is 10.5. The number of hydrogen-bond acceptors (Lipinski definition) is 5. The Labute approximate surface area is 133 Å². The van der Waals surface area contributed by atoms with Crippen LogP contribution in [-0.2, 0) is 21.1 Å². The lowest BCUT2D eigenvalue weighted by Gasteiger charge is -2.09. The van der Waals surface area contributed by atoms with Crippen LogP contribution in [0.3, 0.4) is 0 Å². The van der Waals surface area contributed by atoms with Gasteiger partial charge in [-0.3, -0.25) is 4.79 Å². The maximum absolute atomic E-state index is 12.0. The van der Waals surface area contributed by atoms with Crippen LogP contribution in [0.1, 0.15) is 12.1 Å². The number of carbonyl (C=O) groups excluding carboxylic acids is 1. The summed E-state index contributed by atoms with van der Waals surface area (Å²) in [4.78, 5) is 16.4. The maximum atomic E-state index is 12.0. The van der Waals surface area contributed by atoms with Crippen LogP contribution in [0.2, 0.25) is 0 Å². The van der Waals surface area contributed by atoms with Crippen molar-refractivity contribution in [3.63, 3.8) is 0 Å². The van der Waals surface area contributed by atoms with Crippen molar-refractivity contribution in [1.29, 1.82) is 0 Å². The summed E-state index contributed by atoms with van der Waals surface area (Å²) >= 11 is 1.50. The third-order valence-corrected chi connectivity index (χ3v) is 6.22. The molecule has 1 N–H and O–H groups in total. The van der Waals surface area contributed by atoms with Gasteiger partial charge >= 0.3 is 0 Å². The van der Waals surface area contributed by atoms with Crippen molar-refractivity contribution in [2.24, 2.45) is 0 Å². The zero-order chi connectivity index (χ0) is 15.6. The quantitative estimate of drug-likeness (QED) is 0.921. The summed E-state index contributed by atoms with van der Waals surface area (Å²) in [6, 6.07) is 9.54. The Morgan fingerprint density at radius 3 is 2.77 bits per heavy atom. The summed E-state index contributed by atoms with van der Waals surface area (Å²) in [7, 11) is -2.97. The molecule has 0 radical (unpaired) electrons. The topological polar surface area (TPSA) is 76.1 Å². The number of rotatable bonds is 4. The second kappa shape index (κ2) is 6.18. The summed E-state index contributed by atoms with van der Waals surface area (Å²) < 4.78 is 22.8. The van der Waals surface area contributed by atoms with Crippen LogP contribution in [0.5, 0.6) is 0 Å². The van der Waals surface area contributed by atoms with Gasteiger partial charge in [0.25, 0.3) is 0 Å². The van der Waals surface area contributed by atoms with Gasteiger partial charge in [0.2, 0.25) is 5.91 Å². The van der Waals surface area contributed by atoms with Gasteiger partial charge in [-0.2, -0.15) is 0 Å². The van der Waals surface area contributed by atoms with Crippen molar-refractivity contribution in [3.8, 4) is 10.6 Å². The SMILES string of the molecule is O=C(Cc1csc(-c2ccccc2)n1)NC1CCS(=O)(=O)C1. The molecule has 2 heterocycles. The van der Waals surface area contributed by atoms with E-state index in [-0.39, 0.29) is 29.9 Å². The Morgan fingerprint density at radius 1 is 1.32 bits per heavy atom. The average molecular weight is 336 g/mol. The summed E-state index contributed by atoms with van der Waals surface area (Å²) in [5.74, 6) is 0.0322. The molecule has 1 saturated heterocycles. The van der Waals surface area contributed by atoms with Crippen LogP contribution in [0.4, 0.5) is 0 Å². The predicted molar refractivity (Wildman–Crippen MR) is 86.5 cm³/mol. The molecule has 1 amide bonds. The molecule has 0 bridgehead atoms. The highest BCUT2D eigenvalue weighted by Crippen LogP contribution is 2.23. The van der Waals surface area contributed by atoms with Gasteiger partial charge < -0.3 is 5.32 Å². The second-order valence-corrected chi connectivity index (χ2v) is 8.44. The predicted octanol–water partition coefficient (Wildman–Crippen LogP) is 1.66. The van der Waals surface area contributed by atoms with Crippen LogP contribution < -0.4 is 5.32 Å². The third-order valence-electron chi connectivity index (χ3n) is 3.51. The molecule has 1 aliphatic heterocycles. The first kappa shape index (κ1) is 15.2. The van der Waals surface area contributed by atoms with Crippen LogP contribution in [0.15, 0.2) is 35.7 Å². The first-order valence-corrected chi connectivity index (χ1v) is 9.71. The van der Waals surface area contributed by atoms with Gasteiger partial charge in [-0.25, -0.2) is 13.4 Å². The Hall–Kier alpha value is -1.73. The van der Waals surface area contributed by atoms with E-state index in [4.69, 9.17) is 0 Å². The lowest BCUT2D eigenvalue weighted by atomic mass is 10.2. The highest BCUT2D eigenvalue weighted by molar-refractivity contribution is 7.91. The van der Waals surface area contributed by atoms with Crippen molar-refractivity contribution >= 4 is 27.1 Å². The molecule has 116 valence electrons. The maximum Gasteiger partial charge on any atom is 0.226 e. The van der Waals surface area contributed by atoms with Gasteiger partial charge in [-0.05, 0) is 6.42 Å². The smallest absolute Gasteiger partial charge is 0.226 e. The molecule has 1 aromatic heterocycles. The van der Waals surface area contributed by atoms with E-state index in [9.17, 15) is 13.2 Å². The monoisotopic (exact) mass is 336 g/mol. The summed E-state index contributed by atoms with van der Waals surface area (Å²) in [5, 5.41) is 5.53. The minimum absolute atomic E-state index is 0.0467. The van der Waals surface area contributed by atoms with E-state index in [1.807, 2.05) is 35.7 Å². The molecule has 1 atom stereocenters. The van der Waals surface area contributed by atoms with Crippen molar-refractivity contribution in [2.45, 2.75) is 18.9 Å². The Bertz CT molecular complexity index is 769. The van der Waals surface area contributed by atoms with Crippen LogP contribution >= 0.6 is 11.3 Å². The van der Waals surface area contributed by atoms with Gasteiger partial charge in [-0.1, -0.05) is 30.3 Å². The Morgan fingerprint density at radius 2 is 2.09 bits per heavy atom. The zero-order valence-electron chi connectivity index (χ0n) is 11.9. The van der Waals surface area contributed by atoms with Gasteiger partial charge in [0.05, 0.1) is 23.6 Å². The normalized spacial score (nSPS) is 19.9. The van der Waals surface area contributed by atoms with Gasteiger partial charge in [0.15, 0.2) is 9.84 Å². The van der Waals surface area contributed by atoms with Crippen molar-refractivity contribution < 1.29 is 13.2 Å². The number of amides is 1. The van der Waals surface area contributed by atoms with E-state index in [0.717, 1.165) is 10.6 Å². The number of sulfone groups is 1. The molecule has 22 heavy (non-hydrogen) atoms. The minimum Gasteiger partial charge on any atom is -0.352 e. The van der Waals surface area contributed by atoms with E-state index in [0.29, 0.717) is 12.1 Å². The van der Waals surface area contributed by atoms with Crippen LogP contribution in [-0.4, -0.2) is 36.9 Å². The molecule has 0 aliphatic carbocycles. The molecular weight excluding hydrogens is 320 g/mol. The Kier molecular flexibility index (Phi) is 4.26. The summed E-state index contributed by atoms with van der Waals surface area (Å²) in [6.45, 7) is 0. The standard InChI is InChI=1S/C15H16N2O3S2/c18-14(16-12-6-7-22(19,20)10-12)8-13-9-21-15(17-13)11-4-2-1-3-5-11/h1-5,9,12H,6-8,10H2,(H,16,18). The molecule has 3 rings (SSSR count). The molecule has 1 fully saturated rings. The molecule has 1 unspecified atom stereocenters. The lowest BCUT2D eigenvalue weighted by molar-refractivity contribution is -0.121. The van der Waals surface area contributed by atoms with Crippen molar-refractivity contribution in [3.05, 3.63) is 41.4 Å². The molecule has 0 saturated carbocycles. The second-order valence-electron chi connectivity index (χ2n) is 5.35. The molecule has 1 aliphatic rings. The minimum atomic E-state index is -2.97. The highest BCUT2D eigenvalue weighted by Gasteiger charge is 2.28. The fraction of sp³-hybridized carbons (Fsp3) is 0.333. The largest absolute Gasteiger partial charge is 0.352 e. The Balaban J connectivity index is 1.60. The first-order valence-electron chi connectivity index (χ1n) is 7.01. The van der Waals surface area contributed by atoms with Gasteiger partial charge in [0, 0.05) is 17.0 Å². The number of thiazole rings is 1. The number of benzene rings is 1. The highest BCUT2D eigenvalue weighted by atomic mass is 32.2. The number of aromatic nitrogens is 1. The number of nitrogens with zero attached hydrogens (tertiary/aromatic N) is 1. The van der Waals surface area contributed by atoms with E-state index in [1.165, 1.54) is 11.3 Å². The molecular formula is C15H16N2O3S2. The van der Waals surface area contributed by atoms with Crippen molar-refractivity contribution in [1.82, 2.24) is 10.3 Å². The fourth-order valence-electron chi connectivity index (χ4n) is 2.45. The van der Waals surface area contributed by atoms with E-state index in [1.54, 1.807) is 0 Å². The van der Waals surface area contributed by atoms with Gasteiger partial charge in [-0.15, -0.1) is 11.3 Å². The third kappa shape index (κ3) is 3.72. The van der Waals surface area contributed by atoms with E-state index < -0.39 is 9.84 Å². The van der Waals surface area contributed by atoms with Gasteiger partial charge in [0.1, 0.15) is 5.01 Å². The molecule has 5 nitrogen and oxygen atoms in total. The molecule has 1 aromatic carbocycles. The van der Waals surface area contributed by atoms with Crippen LogP contribution in [0, 0.1) is 0 Å². The lowest BCUT2D eigenvalue weighted by Crippen LogP contribution is -2.36. The number of nitrogens with one attached hydrogen (secondary N) is 1. The van der Waals surface area contributed by atoms with E-state index >= 15 is 0 Å². The van der Waals surface area contributed by atoms with Crippen molar-refractivity contribution in [2.75, 3.05) is 11.5 Å². The number of carbonyl (C=O) groups is 1. The average Bonchev–Trinajstić information content (AvgIpc) is 3.06. The number of hydrogen-bond donors (Lipinski definition) is 1. The molecule has 0 spiro atoms. The summed E-state index contributed by atoms with van der Waals surface area (Å²) in [6.07, 6.45) is 0.681. The van der Waals surface area contributed by atoms with E-state index in [2.05, 4.69) is 10.3 Å². The fourth-order valence-corrected chi connectivity index (χ4v) is 4.95.